The number of nitrogens with zero attached hydrogens (tertiary/aromatic N) is 4. The first-order valence-electron chi connectivity index (χ1n) is 6.82. The van der Waals surface area contributed by atoms with Crippen molar-refractivity contribution in [2.75, 3.05) is 24.4 Å². The highest BCUT2D eigenvalue weighted by molar-refractivity contribution is 14.1. The van der Waals surface area contributed by atoms with E-state index in [0.717, 1.165) is 22.7 Å². The maximum atomic E-state index is 4.49. The lowest BCUT2D eigenvalue weighted by Crippen LogP contribution is -2.08. The minimum atomic E-state index is 0.819. The summed E-state index contributed by atoms with van der Waals surface area (Å²) < 4.78 is 3.17. The number of hydrogen-bond acceptors (Lipinski definition) is 4. The van der Waals surface area contributed by atoms with Crippen LogP contribution in [0.5, 0.6) is 0 Å². The Morgan fingerprint density at radius 3 is 2.64 bits per heavy atom. The van der Waals surface area contributed by atoms with E-state index >= 15 is 0 Å². The molecule has 0 bridgehead atoms. The summed E-state index contributed by atoms with van der Waals surface area (Å²) in [7, 11) is 4.04. The predicted octanol–water partition coefficient (Wildman–Crippen LogP) is 3.45. The molecular weight excluding hydrogens is 389 g/mol. The average Bonchev–Trinajstić information content (AvgIpc) is 2.89. The number of imidazole rings is 1. The molecule has 0 aliphatic carbocycles. The summed E-state index contributed by atoms with van der Waals surface area (Å²) in [5.41, 5.74) is 6.85. The first-order chi connectivity index (χ1) is 10.6. The van der Waals surface area contributed by atoms with E-state index in [9.17, 15) is 0 Å². The molecule has 0 unspecified atom stereocenters. The second-order valence-electron chi connectivity index (χ2n) is 5.09. The van der Waals surface area contributed by atoms with Gasteiger partial charge in [-0.2, -0.15) is 5.10 Å². The largest absolute Gasteiger partial charge is 0.378 e. The van der Waals surface area contributed by atoms with Crippen molar-refractivity contribution >= 4 is 45.8 Å². The van der Waals surface area contributed by atoms with E-state index in [1.165, 1.54) is 3.57 Å². The van der Waals surface area contributed by atoms with E-state index in [1.807, 2.05) is 67.3 Å². The van der Waals surface area contributed by atoms with Gasteiger partial charge in [0.2, 0.25) is 0 Å². The summed E-state index contributed by atoms with van der Waals surface area (Å²) >= 11 is 2.28. The number of fused-ring (bicyclic) bond motifs is 1. The van der Waals surface area contributed by atoms with Crippen LogP contribution in [0.3, 0.4) is 0 Å². The number of nitrogens with one attached hydrogen (secondary N) is 1. The van der Waals surface area contributed by atoms with Gasteiger partial charge in [-0.1, -0.05) is 0 Å². The molecular formula is C16H16IN5. The Hall–Kier alpha value is -2.09. The molecule has 2 heterocycles. The zero-order chi connectivity index (χ0) is 15.5. The van der Waals surface area contributed by atoms with Gasteiger partial charge in [-0.15, -0.1) is 0 Å². The second kappa shape index (κ2) is 6.35. The lowest BCUT2D eigenvalue weighted by atomic mass is 10.3. The number of anilines is 2. The second-order valence-corrected chi connectivity index (χ2v) is 6.34. The summed E-state index contributed by atoms with van der Waals surface area (Å²) in [6.07, 6.45) is 5.71. The van der Waals surface area contributed by atoms with Crippen molar-refractivity contribution in [2.45, 2.75) is 0 Å². The highest BCUT2D eigenvalue weighted by atomic mass is 127. The fourth-order valence-electron chi connectivity index (χ4n) is 2.05. The molecule has 0 atom stereocenters. The number of aromatic nitrogens is 2. The van der Waals surface area contributed by atoms with Gasteiger partial charge in [0.05, 0.1) is 11.9 Å². The van der Waals surface area contributed by atoms with Crippen LogP contribution in [0, 0.1) is 3.57 Å². The van der Waals surface area contributed by atoms with E-state index in [2.05, 4.69) is 43.0 Å². The number of pyridine rings is 1. The van der Waals surface area contributed by atoms with E-state index in [0.29, 0.717) is 0 Å². The molecule has 1 aromatic carbocycles. The molecule has 0 aliphatic rings. The summed E-state index contributed by atoms with van der Waals surface area (Å²) in [6.45, 7) is 0. The van der Waals surface area contributed by atoms with Gasteiger partial charge in [-0.05, 0) is 59.0 Å². The van der Waals surface area contributed by atoms with Crippen LogP contribution in [0.4, 0.5) is 11.4 Å². The van der Waals surface area contributed by atoms with Crippen molar-refractivity contribution in [1.29, 1.82) is 0 Å². The number of halogens is 1. The Morgan fingerprint density at radius 2 is 1.91 bits per heavy atom. The van der Waals surface area contributed by atoms with E-state index < -0.39 is 0 Å². The fraction of sp³-hybridized carbons (Fsp3) is 0.125. The van der Waals surface area contributed by atoms with Crippen LogP contribution in [0.15, 0.2) is 53.9 Å². The van der Waals surface area contributed by atoms with Gasteiger partial charge in [0.25, 0.3) is 0 Å². The van der Waals surface area contributed by atoms with Gasteiger partial charge >= 0.3 is 0 Å². The Kier molecular flexibility index (Phi) is 4.28. The van der Waals surface area contributed by atoms with Crippen LogP contribution in [0.2, 0.25) is 0 Å². The molecule has 0 amide bonds. The van der Waals surface area contributed by atoms with Crippen molar-refractivity contribution in [2.24, 2.45) is 5.10 Å². The Morgan fingerprint density at radius 1 is 1.14 bits per heavy atom. The Balaban J connectivity index is 1.70. The Labute approximate surface area is 142 Å². The summed E-state index contributed by atoms with van der Waals surface area (Å²) in [5, 5.41) is 4.24. The average molecular weight is 405 g/mol. The molecule has 1 N–H and O–H groups in total. The fourth-order valence-corrected chi connectivity index (χ4v) is 2.53. The standard InChI is InChI=1S/C16H16IN5/c1-21(2)15-6-4-13(5-7-15)20-18-9-14-11-22-10-12(17)3-8-16(22)19-14/h3-11,20H,1-2H3. The lowest BCUT2D eigenvalue weighted by molar-refractivity contribution is 1.13. The molecule has 6 heteroatoms. The normalized spacial score (nSPS) is 11.2. The van der Waals surface area contributed by atoms with E-state index in [1.54, 1.807) is 6.21 Å². The first-order valence-corrected chi connectivity index (χ1v) is 7.90. The molecule has 3 rings (SSSR count). The molecule has 0 spiro atoms. The smallest absolute Gasteiger partial charge is 0.137 e. The van der Waals surface area contributed by atoms with Crippen LogP contribution in [-0.4, -0.2) is 29.7 Å². The molecule has 112 valence electrons. The van der Waals surface area contributed by atoms with Crippen LogP contribution in [0.1, 0.15) is 5.69 Å². The van der Waals surface area contributed by atoms with Crippen LogP contribution in [0.25, 0.3) is 5.65 Å². The SMILES string of the molecule is CN(C)c1ccc(NN=Cc2cn3cc(I)ccc3n2)cc1. The Bertz CT molecular complexity index is 805. The van der Waals surface area contributed by atoms with Crippen molar-refractivity contribution in [3.63, 3.8) is 0 Å². The van der Waals surface area contributed by atoms with Gasteiger partial charge in [-0.3, -0.25) is 5.43 Å². The van der Waals surface area contributed by atoms with Crippen LogP contribution < -0.4 is 10.3 Å². The highest BCUT2D eigenvalue weighted by Gasteiger charge is 1.99. The molecule has 5 nitrogen and oxygen atoms in total. The highest BCUT2D eigenvalue weighted by Crippen LogP contribution is 2.15. The van der Waals surface area contributed by atoms with Gasteiger partial charge in [0, 0.05) is 35.7 Å². The summed E-state index contributed by atoms with van der Waals surface area (Å²) in [6, 6.07) is 12.1. The summed E-state index contributed by atoms with van der Waals surface area (Å²) in [4.78, 5) is 6.55. The van der Waals surface area contributed by atoms with E-state index in [-0.39, 0.29) is 0 Å². The van der Waals surface area contributed by atoms with Crippen molar-refractivity contribution < 1.29 is 0 Å². The number of hydrazone groups is 1. The summed E-state index contributed by atoms with van der Waals surface area (Å²) in [5.74, 6) is 0. The lowest BCUT2D eigenvalue weighted by Gasteiger charge is -2.12. The number of hydrogen-bond donors (Lipinski definition) is 1. The molecule has 0 aliphatic heterocycles. The third-order valence-electron chi connectivity index (χ3n) is 3.21. The topological polar surface area (TPSA) is 44.9 Å². The maximum Gasteiger partial charge on any atom is 0.137 e. The monoisotopic (exact) mass is 405 g/mol. The molecule has 0 saturated carbocycles. The molecule has 0 radical (unpaired) electrons. The van der Waals surface area contributed by atoms with Gasteiger partial charge in [0.1, 0.15) is 11.3 Å². The molecule has 2 aromatic heterocycles. The van der Waals surface area contributed by atoms with Crippen molar-refractivity contribution in [3.8, 4) is 0 Å². The van der Waals surface area contributed by atoms with Crippen molar-refractivity contribution in [1.82, 2.24) is 9.38 Å². The molecule has 0 saturated heterocycles. The zero-order valence-corrected chi connectivity index (χ0v) is 14.5. The predicted molar refractivity (Wildman–Crippen MR) is 99.9 cm³/mol. The van der Waals surface area contributed by atoms with E-state index in [4.69, 9.17) is 0 Å². The minimum Gasteiger partial charge on any atom is -0.378 e. The zero-order valence-electron chi connectivity index (χ0n) is 12.4. The van der Waals surface area contributed by atoms with Gasteiger partial charge in [0.15, 0.2) is 0 Å². The molecule has 3 aromatic rings. The molecule has 22 heavy (non-hydrogen) atoms. The van der Waals surface area contributed by atoms with Gasteiger partial charge in [-0.25, -0.2) is 4.98 Å². The minimum absolute atomic E-state index is 0.819. The van der Waals surface area contributed by atoms with Crippen LogP contribution >= 0.6 is 22.6 Å². The maximum absolute atomic E-state index is 4.49. The quantitative estimate of drug-likeness (QED) is 0.411. The third-order valence-corrected chi connectivity index (χ3v) is 3.85. The number of benzene rings is 1. The number of rotatable bonds is 4. The van der Waals surface area contributed by atoms with Crippen LogP contribution in [-0.2, 0) is 0 Å². The third kappa shape index (κ3) is 3.38. The van der Waals surface area contributed by atoms with Crippen molar-refractivity contribution in [3.05, 3.63) is 58.1 Å². The molecule has 0 fully saturated rings. The van der Waals surface area contributed by atoms with Gasteiger partial charge < -0.3 is 9.30 Å². The first kappa shape index (κ1) is 14.8.